The summed E-state index contributed by atoms with van der Waals surface area (Å²) >= 11 is 5.99. The minimum absolute atomic E-state index is 0.260. The van der Waals surface area contributed by atoms with Gasteiger partial charge in [0.15, 0.2) is 11.5 Å². The summed E-state index contributed by atoms with van der Waals surface area (Å²) in [4.78, 5) is 22.1. The van der Waals surface area contributed by atoms with Gasteiger partial charge in [0.2, 0.25) is 0 Å². The van der Waals surface area contributed by atoms with Crippen molar-refractivity contribution < 1.29 is 22.9 Å². The molecule has 0 aliphatic heterocycles. The van der Waals surface area contributed by atoms with Crippen LogP contribution in [0.4, 0.5) is 17.1 Å². The number of hydrogen-bond acceptors (Lipinski definition) is 6. The number of rotatable bonds is 8. The van der Waals surface area contributed by atoms with Crippen LogP contribution in [0, 0.1) is 10.1 Å². The SMILES string of the molecule is CN(c1ccc(OCC(=O)Nc2ccccc2Cl)cc1)S(=O)(=O)c1ccccc1[N+](=O)[O-]. The second-order valence-corrected chi connectivity index (χ2v) is 8.85. The maximum absolute atomic E-state index is 12.9. The number of carbonyl (C=O) groups excluding carboxylic acids is 1. The van der Waals surface area contributed by atoms with Gasteiger partial charge in [0.25, 0.3) is 21.6 Å². The third kappa shape index (κ3) is 5.16. The lowest BCUT2D eigenvalue weighted by atomic mass is 10.3. The van der Waals surface area contributed by atoms with Gasteiger partial charge in [-0.3, -0.25) is 19.2 Å². The molecule has 0 heterocycles. The molecule has 0 saturated heterocycles. The molecule has 0 spiro atoms. The van der Waals surface area contributed by atoms with Gasteiger partial charge in [-0.15, -0.1) is 0 Å². The van der Waals surface area contributed by atoms with E-state index in [0.717, 1.165) is 10.4 Å². The molecule has 32 heavy (non-hydrogen) atoms. The van der Waals surface area contributed by atoms with E-state index in [1.807, 2.05) is 0 Å². The molecule has 1 amide bonds. The van der Waals surface area contributed by atoms with Gasteiger partial charge in [0.05, 0.1) is 21.3 Å². The van der Waals surface area contributed by atoms with E-state index in [1.54, 1.807) is 24.3 Å². The predicted molar refractivity (Wildman–Crippen MR) is 121 cm³/mol. The average Bonchev–Trinajstić information content (AvgIpc) is 2.79. The fourth-order valence-electron chi connectivity index (χ4n) is 2.76. The van der Waals surface area contributed by atoms with Gasteiger partial charge in [-0.05, 0) is 42.5 Å². The first-order chi connectivity index (χ1) is 15.2. The van der Waals surface area contributed by atoms with E-state index in [1.165, 1.54) is 49.5 Å². The maximum Gasteiger partial charge on any atom is 0.289 e. The zero-order valence-electron chi connectivity index (χ0n) is 16.8. The monoisotopic (exact) mass is 475 g/mol. The van der Waals surface area contributed by atoms with Crippen LogP contribution >= 0.6 is 11.6 Å². The molecule has 11 heteroatoms. The number of amides is 1. The highest BCUT2D eigenvalue weighted by atomic mass is 35.5. The molecule has 9 nitrogen and oxygen atoms in total. The van der Waals surface area contributed by atoms with Gasteiger partial charge in [-0.2, -0.15) is 0 Å². The summed E-state index contributed by atoms with van der Waals surface area (Å²) in [5, 5.41) is 14.2. The van der Waals surface area contributed by atoms with E-state index in [-0.39, 0.29) is 12.3 Å². The van der Waals surface area contributed by atoms with Crippen molar-refractivity contribution in [3.8, 4) is 5.75 Å². The van der Waals surface area contributed by atoms with E-state index >= 15 is 0 Å². The van der Waals surface area contributed by atoms with E-state index in [0.29, 0.717) is 16.5 Å². The Kier molecular flexibility index (Phi) is 6.96. The van der Waals surface area contributed by atoms with E-state index in [9.17, 15) is 23.3 Å². The second-order valence-electron chi connectivity index (χ2n) is 6.51. The van der Waals surface area contributed by atoms with Crippen LogP contribution in [-0.4, -0.2) is 32.9 Å². The lowest BCUT2D eigenvalue weighted by Gasteiger charge is -2.19. The fraction of sp³-hybridized carbons (Fsp3) is 0.0952. The maximum atomic E-state index is 12.9. The summed E-state index contributed by atoms with van der Waals surface area (Å²) in [6.45, 7) is -0.283. The zero-order valence-corrected chi connectivity index (χ0v) is 18.3. The highest BCUT2D eigenvalue weighted by Gasteiger charge is 2.29. The molecule has 0 atom stereocenters. The lowest BCUT2D eigenvalue weighted by molar-refractivity contribution is -0.387. The number of nitrogens with one attached hydrogen (secondary N) is 1. The fourth-order valence-corrected chi connectivity index (χ4v) is 4.30. The van der Waals surface area contributed by atoms with Crippen molar-refractivity contribution in [3.63, 3.8) is 0 Å². The molecular formula is C21H18ClN3O6S. The molecule has 3 aromatic carbocycles. The molecule has 0 aliphatic rings. The van der Waals surface area contributed by atoms with Crippen LogP contribution in [0.25, 0.3) is 0 Å². The first kappa shape index (κ1) is 23.0. The van der Waals surface area contributed by atoms with Crippen molar-refractivity contribution in [3.05, 3.63) is 87.9 Å². The molecule has 0 unspecified atom stereocenters. The summed E-state index contributed by atoms with van der Waals surface area (Å²) in [5.41, 5.74) is 0.208. The number of para-hydroxylation sites is 2. The molecule has 166 valence electrons. The summed E-state index contributed by atoms with van der Waals surface area (Å²) in [7, 11) is -2.88. The smallest absolute Gasteiger partial charge is 0.289 e. The number of carbonyl (C=O) groups is 1. The van der Waals surface area contributed by atoms with Crippen molar-refractivity contribution >= 4 is 44.6 Å². The molecule has 1 N–H and O–H groups in total. The van der Waals surface area contributed by atoms with Crippen molar-refractivity contribution in [2.45, 2.75) is 4.90 Å². The summed E-state index contributed by atoms with van der Waals surface area (Å²) in [6.07, 6.45) is 0. The average molecular weight is 476 g/mol. The Balaban J connectivity index is 1.68. The summed E-state index contributed by atoms with van der Waals surface area (Å²) < 4.78 is 32.1. The van der Waals surface area contributed by atoms with Crippen LogP contribution in [0.1, 0.15) is 0 Å². The molecule has 0 aliphatic carbocycles. The van der Waals surface area contributed by atoms with Gasteiger partial charge in [-0.1, -0.05) is 35.9 Å². The quantitative estimate of drug-likeness (QED) is 0.387. The van der Waals surface area contributed by atoms with Crippen LogP contribution in [0.15, 0.2) is 77.7 Å². The first-order valence-corrected chi connectivity index (χ1v) is 11.0. The second kappa shape index (κ2) is 9.67. The molecule has 3 rings (SSSR count). The number of nitro benzene ring substituents is 1. The van der Waals surface area contributed by atoms with Crippen LogP contribution in [0.5, 0.6) is 5.75 Å². The van der Waals surface area contributed by atoms with Gasteiger partial charge in [-0.25, -0.2) is 8.42 Å². The minimum Gasteiger partial charge on any atom is -0.484 e. The number of anilines is 2. The number of hydrogen-bond donors (Lipinski definition) is 1. The molecule has 0 saturated carbocycles. The van der Waals surface area contributed by atoms with E-state index in [4.69, 9.17) is 16.3 Å². The van der Waals surface area contributed by atoms with Crippen molar-refractivity contribution in [1.29, 1.82) is 0 Å². The van der Waals surface area contributed by atoms with Gasteiger partial charge in [0, 0.05) is 13.1 Å². The summed E-state index contributed by atoms with van der Waals surface area (Å²) in [6, 6.07) is 17.8. The molecule has 3 aromatic rings. The Hall–Kier alpha value is -3.63. The Bertz CT molecular complexity index is 1250. The zero-order chi connectivity index (χ0) is 23.3. The first-order valence-electron chi connectivity index (χ1n) is 9.20. The third-order valence-corrected chi connectivity index (χ3v) is 6.58. The topological polar surface area (TPSA) is 119 Å². The molecule has 0 bridgehead atoms. The normalized spacial score (nSPS) is 10.9. The van der Waals surface area contributed by atoms with Crippen molar-refractivity contribution in [2.24, 2.45) is 0 Å². The largest absolute Gasteiger partial charge is 0.484 e. The number of sulfonamides is 1. The molecular weight excluding hydrogens is 458 g/mol. The van der Waals surface area contributed by atoms with E-state index in [2.05, 4.69) is 5.32 Å². The number of ether oxygens (including phenoxy) is 1. The Morgan fingerprint density at radius 3 is 2.34 bits per heavy atom. The number of benzene rings is 3. The van der Waals surface area contributed by atoms with Crippen LogP contribution in [-0.2, 0) is 14.8 Å². The highest BCUT2D eigenvalue weighted by Crippen LogP contribution is 2.29. The number of nitrogens with zero attached hydrogens (tertiary/aromatic N) is 2. The lowest BCUT2D eigenvalue weighted by Crippen LogP contribution is -2.27. The third-order valence-electron chi connectivity index (χ3n) is 4.42. The Morgan fingerprint density at radius 2 is 1.69 bits per heavy atom. The Labute approximate surface area is 189 Å². The van der Waals surface area contributed by atoms with Crippen LogP contribution in [0.3, 0.4) is 0 Å². The van der Waals surface area contributed by atoms with Crippen LogP contribution in [0.2, 0.25) is 5.02 Å². The molecule has 0 radical (unpaired) electrons. The van der Waals surface area contributed by atoms with Gasteiger partial charge < -0.3 is 10.1 Å². The van der Waals surface area contributed by atoms with Crippen LogP contribution < -0.4 is 14.4 Å². The van der Waals surface area contributed by atoms with Crippen molar-refractivity contribution in [1.82, 2.24) is 0 Å². The highest BCUT2D eigenvalue weighted by molar-refractivity contribution is 7.93. The van der Waals surface area contributed by atoms with Crippen molar-refractivity contribution in [2.75, 3.05) is 23.3 Å². The Morgan fingerprint density at radius 1 is 1.06 bits per heavy atom. The standard InChI is InChI=1S/C21H18ClN3O6S/c1-24(32(29,30)20-9-5-4-8-19(20)25(27)28)15-10-12-16(13-11-15)31-14-21(26)23-18-7-3-2-6-17(18)22/h2-13H,14H2,1H3,(H,23,26). The summed E-state index contributed by atoms with van der Waals surface area (Å²) in [5.74, 6) is -0.0854. The molecule has 0 aromatic heterocycles. The van der Waals surface area contributed by atoms with Gasteiger partial charge in [0.1, 0.15) is 5.75 Å². The minimum atomic E-state index is -4.17. The predicted octanol–water partition coefficient (Wildman–Crippen LogP) is 4.09. The van der Waals surface area contributed by atoms with E-state index < -0.39 is 31.4 Å². The molecule has 0 fully saturated rings. The number of halogens is 1. The number of nitro groups is 1. The van der Waals surface area contributed by atoms with Gasteiger partial charge >= 0.3 is 0 Å².